The van der Waals surface area contributed by atoms with Crippen molar-refractivity contribution in [1.82, 2.24) is 0 Å². The first-order valence-electron chi connectivity index (χ1n) is 4.76. The average Bonchev–Trinajstić information content (AvgIpc) is 2.09. The minimum absolute atomic E-state index is 0.0128. The molecule has 0 aromatic carbocycles. The molecule has 3 nitrogen and oxygen atoms in total. The molecule has 6 heteroatoms. The molecule has 0 aliphatic carbocycles. The number of ether oxygens (including phenoxy) is 2. The first-order chi connectivity index (χ1) is 6.95. The van der Waals surface area contributed by atoms with Gasteiger partial charge >= 0.3 is 12.1 Å². The fraction of sp³-hybridized carbons (Fsp3) is 0.889. The van der Waals surface area contributed by atoms with Crippen LogP contribution in [-0.4, -0.2) is 32.0 Å². The highest BCUT2D eigenvalue weighted by Crippen LogP contribution is 2.20. The molecule has 0 unspecified atom stereocenters. The zero-order valence-electron chi connectivity index (χ0n) is 8.60. The summed E-state index contributed by atoms with van der Waals surface area (Å²) in [6, 6.07) is 0. The zero-order valence-corrected chi connectivity index (χ0v) is 8.60. The van der Waals surface area contributed by atoms with Gasteiger partial charge in [0.05, 0.1) is 19.6 Å². The molecule has 15 heavy (non-hydrogen) atoms. The Morgan fingerprint density at radius 3 is 2.47 bits per heavy atom. The summed E-state index contributed by atoms with van der Waals surface area (Å²) in [6.07, 6.45) is -4.98. The number of carbonyl (C=O) groups excluding carboxylic acids is 1. The Balaban J connectivity index is 3.22. The molecular weight excluding hydrogens is 213 g/mol. The van der Waals surface area contributed by atoms with Gasteiger partial charge in [-0.05, 0) is 13.3 Å². The first kappa shape index (κ1) is 14.2. The lowest BCUT2D eigenvalue weighted by Crippen LogP contribution is -2.11. The highest BCUT2D eigenvalue weighted by atomic mass is 19.4. The number of rotatable bonds is 7. The van der Waals surface area contributed by atoms with Crippen LogP contribution in [-0.2, 0) is 14.3 Å². The second-order valence-electron chi connectivity index (χ2n) is 2.89. The first-order valence-corrected chi connectivity index (χ1v) is 4.76. The lowest BCUT2D eigenvalue weighted by molar-refractivity contribution is -0.145. The van der Waals surface area contributed by atoms with Crippen LogP contribution in [0.3, 0.4) is 0 Å². The van der Waals surface area contributed by atoms with Gasteiger partial charge in [0.25, 0.3) is 0 Å². The van der Waals surface area contributed by atoms with Gasteiger partial charge in [-0.2, -0.15) is 13.2 Å². The van der Waals surface area contributed by atoms with Crippen LogP contribution in [0.4, 0.5) is 13.2 Å². The molecule has 0 heterocycles. The molecular formula is C9H15F3O3. The number of hydrogen-bond donors (Lipinski definition) is 0. The molecule has 0 spiro atoms. The van der Waals surface area contributed by atoms with Crippen molar-refractivity contribution in [3.63, 3.8) is 0 Å². The highest BCUT2D eigenvalue weighted by Gasteiger charge is 2.25. The van der Waals surface area contributed by atoms with Gasteiger partial charge in [0.15, 0.2) is 0 Å². The predicted octanol–water partition coefficient (Wildman–Crippen LogP) is 2.30. The van der Waals surface area contributed by atoms with Gasteiger partial charge in [0, 0.05) is 13.0 Å². The van der Waals surface area contributed by atoms with Crippen LogP contribution in [0.15, 0.2) is 0 Å². The predicted molar refractivity (Wildman–Crippen MR) is 47.4 cm³/mol. The Hall–Kier alpha value is -0.780. The fourth-order valence-electron chi connectivity index (χ4n) is 0.865. The normalized spacial score (nSPS) is 11.5. The van der Waals surface area contributed by atoms with Crippen molar-refractivity contribution >= 4 is 5.97 Å². The Morgan fingerprint density at radius 1 is 1.27 bits per heavy atom. The highest BCUT2D eigenvalue weighted by molar-refractivity contribution is 5.69. The molecule has 0 saturated carbocycles. The van der Waals surface area contributed by atoms with E-state index in [4.69, 9.17) is 4.74 Å². The van der Waals surface area contributed by atoms with E-state index >= 15 is 0 Å². The summed E-state index contributed by atoms with van der Waals surface area (Å²) in [6.45, 7) is 2.10. The van der Waals surface area contributed by atoms with E-state index in [2.05, 4.69) is 4.74 Å². The molecule has 0 aromatic rings. The summed E-state index contributed by atoms with van der Waals surface area (Å²) in [4.78, 5) is 10.8. The maximum atomic E-state index is 11.7. The minimum atomic E-state index is -4.13. The van der Waals surface area contributed by atoms with E-state index in [1.807, 2.05) is 0 Å². The summed E-state index contributed by atoms with van der Waals surface area (Å²) in [7, 11) is 0. The van der Waals surface area contributed by atoms with Gasteiger partial charge in [0.1, 0.15) is 0 Å². The fourth-order valence-corrected chi connectivity index (χ4v) is 0.865. The van der Waals surface area contributed by atoms with Crippen molar-refractivity contribution in [2.45, 2.75) is 32.4 Å². The summed E-state index contributed by atoms with van der Waals surface area (Å²) < 4.78 is 44.4. The summed E-state index contributed by atoms with van der Waals surface area (Å²) in [5, 5.41) is 0. The van der Waals surface area contributed by atoms with Crippen LogP contribution >= 0.6 is 0 Å². The second-order valence-corrected chi connectivity index (χ2v) is 2.89. The van der Waals surface area contributed by atoms with Crippen LogP contribution in [0.1, 0.15) is 26.2 Å². The molecule has 0 atom stereocenters. The van der Waals surface area contributed by atoms with Gasteiger partial charge in [-0.15, -0.1) is 0 Å². The number of hydrogen-bond acceptors (Lipinski definition) is 3. The zero-order chi connectivity index (χ0) is 11.7. The molecule has 0 radical (unpaired) electrons. The second kappa shape index (κ2) is 7.50. The Kier molecular flexibility index (Phi) is 7.11. The van der Waals surface area contributed by atoms with E-state index in [9.17, 15) is 18.0 Å². The van der Waals surface area contributed by atoms with E-state index in [0.717, 1.165) is 0 Å². The molecule has 0 amide bonds. The minimum Gasteiger partial charge on any atom is -0.466 e. The third kappa shape index (κ3) is 11.1. The van der Waals surface area contributed by atoms with E-state index in [-0.39, 0.29) is 26.1 Å². The summed E-state index contributed by atoms with van der Waals surface area (Å²) in [5.41, 5.74) is 0. The third-order valence-electron chi connectivity index (χ3n) is 1.50. The molecule has 0 rings (SSSR count). The van der Waals surface area contributed by atoms with Crippen LogP contribution in [0.5, 0.6) is 0 Å². The quantitative estimate of drug-likeness (QED) is 0.495. The smallest absolute Gasteiger partial charge is 0.389 e. The van der Waals surface area contributed by atoms with Crippen molar-refractivity contribution in [2.75, 3.05) is 19.8 Å². The van der Waals surface area contributed by atoms with Gasteiger partial charge in [-0.3, -0.25) is 4.79 Å². The molecule has 0 bridgehead atoms. The standard InChI is InChI=1S/C9H15F3O3/c1-2-15-8(13)4-7-14-6-3-5-9(10,11)12/h2-7H2,1H3. The maximum absolute atomic E-state index is 11.7. The maximum Gasteiger partial charge on any atom is 0.389 e. The summed E-state index contributed by atoms with van der Waals surface area (Å²) in [5.74, 6) is -0.395. The SMILES string of the molecule is CCOC(=O)CCOCCCC(F)(F)F. The lowest BCUT2D eigenvalue weighted by Gasteiger charge is -2.06. The number of esters is 1. The summed E-state index contributed by atoms with van der Waals surface area (Å²) >= 11 is 0. The molecule has 0 aromatic heterocycles. The molecule has 0 N–H and O–H groups in total. The topological polar surface area (TPSA) is 35.5 Å². The third-order valence-corrected chi connectivity index (χ3v) is 1.50. The monoisotopic (exact) mass is 228 g/mol. The van der Waals surface area contributed by atoms with E-state index in [1.54, 1.807) is 6.92 Å². The van der Waals surface area contributed by atoms with E-state index in [0.29, 0.717) is 6.61 Å². The largest absolute Gasteiger partial charge is 0.466 e. The van der Waals surface area contributed by atoms with E-state index < -0.39 is 18.6 Å². The van der Waals surface area contributed by atoms with Crippen molar-refractivity contribution < 1.29 is 27.4 Å². The van der Waals surface area contributed by atoms with Crippen molar-refractivity contribution in [3.8, 4) is 0 Å². The van der Waals surface area contributed by atoms with Crippen molar-refractivity contribution in [2.24, 2.45) is 0 Å². The molecule has 90 valence electrons. The number of alkyl halides is 3. The van der Waals surface area contributed by atoms with Gasteiger partial charge in [0.2, 0.25) is 0 Å². The van der Waals surface area contributed by atoms with Crippen LogP contribution < -0.4 is 0 Å². The van der Waals surface area contributed by atoms with Gasteiger partial charge in [-0.1, -0.05) is 0 Å². The molecule has 0 aliphatic heterocycles. The van der Waals surface area contributed by atoms with Crippen LogP contribution in [0, 0.1) is 0 Å². The lowest BCUT2D eigenvalue weighted by atomic mass is 10.3. The molecule has 0 aliphatic rings. The Morgan fingerprint density at radius 2 is 1.93 bits per heavy atom. The van der Waals surface area contributed by atoms with Crippen LogP contribution in [0.2, 0.25) is 0 Å². The van der Waals surface area contributed by atoms with E-state index in [1.165, 1.54) is 0 Å². The Bertz CT molecular complexity index is 180. The van der Waals surface area contributed by atoms with Crippen molar-refractivity contribution in [3.05, 3.63) is 0 Å². The molecule has 0 fully saturated rings. The van der Waals surface area contributed by atoms with Gasteiger partial charge in [-0.25, -0.2) is 0 Å². The molecule has 0 saturated heterocycles. The number of halogens is 3. The average molecular weight is 228 g/mol. The van der Waals surface area contributed by atoms with Crippen molar-refractivity contribution in [1.29, 1.82) is 0 Å². The Labute approximate surface area is 86.5 Å². The van der Waals surface area contributed by atoms with Crippen LogP contribution in [0.25, 0.3) is 0 Å². The number of carbonyl (C=O) groups is 1. The van der Waals surface area contributed by atoms with Gasteiger partial charge < -0.3 is 9.47 Å².